The summed E-state index contributed by atoms with van der Waals surface area (Å²) in [6.45, 7) is 1.45. The molecule has 1 aromatic heterocycles. The van der Waals surface area contributed by atoms with Crippen molar-refractivity contribution in [1.82, 2.24) is 4.98 Å². The van der Waals surface area contributed by atoms with Gasteiger partial charge in [0.05, 0.1) is 5.69 Å². The lowest BCUT2D eigenvalue weighted by Crippen LogP contribution is -2.11. The lowest BCUT2D eigenvalue weighted by atomic mass is 10.0. The van der Waals surface area contributed by atoms with Crippen LogP contribution in [0, 0.1) is 0 Å². The van der Waals surface area contributed by atoms with E-state index in [4.69, 9.17) is 0 Å². The minimum atomic E-state index is -0.123. The van der Waals surface area contributed by atoms with E-state index in [0.717, 1.165) is 10.6 Å². The Morgan fingerprint density at radius 1 is 1.50 bits per heavy atom. The van der Waals surface area contributed by atoms with Gasteiger partial charge in [0.1, 0.15) is 5.78 Å². The number of thiazole rings is 1. The molecule has 1 aliphatic rings. The fraction of sp³-hybridized carbons (Fsp3) is 0.444. The summed E-state index contributed by atoms with van der Waals surface area (Å²) in [7, 11) is 0. The SMILES string of the molecule is CC(=O)Nc1nc2c(s1)CC(=O)CC2. The minimum absolute atomic E-state index is 0.123. The lowest BCUT2D eigenvalue weighted by molar-refractivity contribution is -0.118. The van der Waals surface area contributed by atoms with Gasteiger partial charge in [0, 0.05) is 24.6 Å². The fourth-order valence-electron chi connectivity index (χ4n) is 1.45. The van der Waals surface area contributed by atoms with E-state index in [-0.39, 0.29) is 11.7 Å². The molecule has 0 radical (unpaired) electrons. The van der Waals surface area contributed by atoms with Crippen molar-refractivity contribution in [1.29, 1.82) is 0 Å². The molecule has 0 fully saturated rings. The van der Waals surface area contributed by atoms with Crippen LogP contribution in [-0.4, -0.2) is 16.7 Å². The molecule has 1 aromatic rings. The molecule has 0 atom stereocenters. The van der Waals surface area contributed by atoms with Crippen LogP contribution >= 0.6 is 11.3 Å². The molecule has 14 heavy (non-hydrogen) atoms. The maximum Gasteiger partial charge on any atom is 0.223 e. The lowest BCUT2D eigenvalue weighted by Gasteiger charge is -2.06. The first-order chi connectivity index (χ1) is 6.65. The van der Waals surface area contributed by atoms with Gasteiger partial charge in [-0.1, -0.05) is 0 Å². The van der Waals surface area contributed by atoms with E-state index in [1.807, 2.05) is 0 Å². The second-order valence-electron chi connectivity index (χ2n) is 3.29. The number of carbonyl (C=O) groups excluding carboxylic acids is 2. The molecule has 1 amide bonds. The number of aryl methyl sites for hydroxylation is 1. The number of rotatable bonds is 1. The van der Waals surface area contributed by atoms with E-state index in [0.29, 0.717) is 24.4 Å². The monoisotopic (exact) mass is 210 g/mol. The van der Waals surface area contributed by atoms with Crippen molar-refractivity contribution in [2.75, 3.05) is 5.32 Å². The summed E-state index contributed by atoms with van der Waals surface area (Å²) in [5, 5.41) is 3.24. The molecule has 1 aliphatic carbocycles. The van der Waals surface area contributed by atoms with E-state index < -0.39 is 0 Å². The van der Waals surface area contributed by atoms with Crippen molar-refractivity contribution in [3.05, 3.63) is 10.6 Å². The Morgan fingerprint density at radius 3 is 3.00 bits per heavy atom. The number of amides is 1. The number of aromatic nitrogens is 1. The Labute approximate surface area is 85.3 Å². The molecule has 1 heterocycles. The van der Waals surface area contributed by atoms with Gasteiger partial charge in [-0.3, -0.25) is 9.59 Å². The van der Waals surface area contributed by atoms with Gasteiger partial charge in [0.25, 0.3) is 0 Å². The molecule has 0 unspecified atom stereocenters. The Balaban J connectivity index is 2.23. The van der Waals surface area contributed by atoms with Gasteiger partial charge in [-0.15, -0.1) is 11.3 Å². The molecule has 0 saturated heterocycles. The van der Waals surface area contributed by atoms with Gasteiger partial charge in [0.2, 0.25) is 5.91 Å². The molecule has 0 aromatic carbocycles. The standard InChI is InChI=1S/C9H10N2O2S/c1-5(12)10-9-11-7-3-2-6(13)4-8(7)14-9/h2-4H2,1H3,(H,10,11,12). The Hall–Kier alpha value is -1.23. The van der Waals surface area contributed by atoms with Crippen LogP contribution < -0.4 is 5.32 Å². The fourth-order valence-corrected chi connectivity index (χ4v) is 2.53. The Morgan fingerprint density at radius 2 is 2.29 bits per heavy atom. The van der Waals surface area contributed by atoms with E-state index in [1.54, 1.807) is 0 Å². The quantitative estimate of drug-likeness (QED) is 0.756. The Kier molecular flexibility index (Phi) is 2.33. The topological polar surface area (TPSA) is 59.1 Å². The minimum Gasteiger partial charge on any atom is -0.302 e. The summed E-state index contributed by atoms with van der Waals surface area (Å²) in [4.78, 5) is 27.2. The molecule has 5 heteroatoms. The van der Waals surface area contributed by atoms with Crippen molar-refractivity contribution in [3.63, 3.8) is 0 Å². The Bertz CT molecular complexity index is 398. The maximum absolute atomic E-state index is 11.1. The first-order valence-electron chi connectivity index (χ1n) is 4.43. The third-order valence-electron chi connectivity index (χ3n) is 2.06. The van der Waals surface area contributed by atoms with Crippen LogP contribution in [0.1, 0.15) is 23.9 Å². The van der Waals surface area contributed by atoms with Crippen molar-refractivity contribution in [3.8, 4) is 0 Å². The average Bonchev–Trinajstić information content (AvgIpc) is 2.44. The highest BCUT2D eigenvalue weighted by Gasteiger charge is 2.20. The number of ketones is 1. The molecule has 74 valence electrons. The van der Waals surface area contributed by atoms with Gasteiger partial charge in [-0.2, -0.15) is 0 Å². The number of anilines is 1. The van der Waals surface area contributed by atoms with Crippen molar-refractivity contribution in [2.24, 2.45) is 0 Å². The smallest absolute Gasteiger partial charge is 0.223 e. The zero-order valence-electron chi connectivity index (χ0n) is 7.79. The maximum atomic E-state index is 11.1. The molecule has 4 nitrogen and oxygen atoms in total. The highest BCUT2D eigenvalue weighted by molar-refractivity contribution is 7.16. The normalized spacial score (nSPS) is 15.1. The van der Waals surface area contributed by atoms with E-state index >= 15 is 0 Å². The molecule has 1 N–H and O–H groups in total. The summed E-state index contributed by atoms with van der Waals surface area (Å²) in [6, 6.07) is 0. The summed E-state index contributed by atoms with van der Waals surface area (Å²) in [6.07, 6.45) is 1.77. The number of nitrogens with zero attached hydrogens (tertiary/aromatic N) is 1. The zero-order valence-corrected chi connectivity index (χ0v) is 8.61. The number of nitrogens with one attached hydrogen (secondary N) is 1. The van der Waals surface area contributed by atoms with E-state index in [2.05, 4.69) is 10.3 Å². The highest BCUT2D eigenvalue weighted by atomic mass is 32.1. The number of fused-ring (bicyclic) bond motifs is 1. The predicted molar refractivity (Wildman–Crippen MR) is 53.4 cm³/mol. The van der Waals surface area contributed by atoms with Gasteiger partial charge >= 0.3 is 0 Å². The number of hydrogen-bond donors (Lipinski definition) is 1. The van der Waals surface area contributed by atoms with Crippen LogP contribution in [0.25, 0.3) is 0 Å². The second kappa shape index (κ2) is 3.49. The first-order valence-corrected chi connectivity index (χ1v) is 5.24. The summed E-state index contributed by atoms with van der Waals surface area (Å²) in [5.74, 6) is 0.137. The number of Topliss-reactive ketones (excluding diaryl/α,β-unsaturated/α-hetero) is 1. The van der Waals surface area contributed by atoms with Crippen LogP contribution in [0.4, 0.5) is 5.13 Å². The van der Waals surface area contributed by atoms with Gasteiger partial charge in [-0.25, -0.2) is 4.98 Å². The molecule has 2 rings (SSSR count). The molecular formula is C9H10N2O2S. The summed E-state index contributed by atoms with van der Waals surface area (Å²) >= 11 is 1.40. The molecular weight excluding hydrogens is 200 g/mol. The predicted octanol–water partition coefficient (Wildman–Crippen LogP) is 1.16. The zero-order chi connectivity index (χ0) is 10.1. The van der Waals surface area contributed by atoms with Gasteiger partial charge in [-0.05, 0) is 6.42 Å². The van der Waals surface area contributed by atoms with E-state index in [1.165, 1.54) is 18.3 Å². The second-order valence-corrected chi connectivity index (χ2v) is 4.37. The van der Waals surface area contributed by atoms with E-state index in [9.17, 15) is 9.59 Å². The first kappa shape index (κ1) is 9.33. The molecule has 0 spiro atoms. The third kappa shape index (κ3) is 1.82. The number of carbonyl (C=O) groups is 2. The van der Waals surface area contributed by atoms with Gasteiger partial charge < -0.3 is 5.32 Å². The molecule has 0 saturated carbocycles. The summed E-state index contributed by atoms with van der Waals surface area (Å²) in [5.41, 5.74) is 0.971. The van der Waals surface area contributed by atoms with Crippen LogP contribution in [0.5, 0.6) is 0 Å². The largest absolute Gasteiger partial charge is 0.302 e. The van der Waals surface area contributed by atoms with Crippen molar-refractivity contribution >= 4 is 28.2 Å². The number of hydrogen-bond acceptors (Lipinski definition) is 4. The van der Waals surface area contributed by atoms with Crippen molar-refractivity contribution < 1.29 is 9.59 Å². The van der Waals surface area contributed by atoms with Crippen LogP contribution in [0.3, 0.4) is 0 Å². The highest BCUT2D eigenvalue weighted by Crippen LogP contribution is 2.28. The molecule has 0 bridgehead atoms. The van der Waals surface area contributed by atoms with Crippen LogP contribution in [0.2, 0.25) is 0 Å². The molecule has 0 aliphatic heterocycles. The van der Waals surface area contributed by atoms with Gasteiger partial charge in [0.15, 0.2) is 5.13 Å². The van der Waals surface area contributed by atoms with Crippen LogP contribution in [-0.2, 0) is 22.4 Å². The van der Waals surface area contributed by atoms with Crippen molar-refractivity contribution in [2.45, 2.75) is 26.2 Å². The third-order valence-corrected chi connectivity index (χ3v) is 3.07. The summed E-state index contributed by atoms with van der Waals surface area (Å²) < 4.78 is 0. The van der Waals surface area contributed by atoms with Crippen LogP contribution in [0.15, 0.2) is 0 Å². The average molecular weight is 210 g/mol.